The minimum Gasteiger partial charge on any atom is -0.324 e. The van der Waals surface area contributed by atoms with Crippen molar-refractivity contribution in [3.8, 4) is 11.4 Å². The molecule has 0 aliphatic carbocycles. The highest BCUT2D eigenvalue weighted by Gasteiger charge is 2.31. The molecular formula is C20H22F3N3. The molecule has 26 heavy (non-hydrogen) atoms. The van der Waals surface area contributed by atoms with Gasteiger partial charge in [0.2, 0.25) is 0 Å². The van der Waals surface area contributed by atoms with E-state index in [2.05, 4.69) is 9.88 Å². The standard InChI is InChI=1S/C20H22F3N3/c1-14-5-7-15(8-6-14)19-24-17-13-16(20(21,22)23)9-10-18(17)26(19)12-4-11-25(2)3/h5-10,13H,4,11-12H2,1-3H3. The highest BCUT2D eigenvalue weighted by molar-refractivity contribution is 5.81. The van der Waals surface area contributed by atoms with E-state index in [1.807, 2.05) is 49.9 Å². The van der Waals surface area contributed by atoms with Gasteiger partial charge >= 0.3 is 6.18 Å². The Kier molecular flexibility index (Phi) is 5.05. The Morgan fingerprint density at radius 3 is 2.35 bits per heavy atom. The molecule has 6 heteroatoms. The number of hydrogen-bond acceptors (Lipinski definition) is 2. The maximum Gasteiger partial charge on any atom is 0.416 e. The van der Waals surface area contributed by atoms with Gasteiger partial charge in [-0.1, -0.05) is 29.8 Å². The van der Waals surface area contributed by atoms with Crippen LogP contribution in [0.1, 0.15) is 17.5 Å². The smallest absolute Gasteiger partial charge is 0.324 e. The minimum atomic E-state index is -4.37. The van der Waals surface area contributed by atoms with Gasteiger partial charge < -0.3 is 9.47 Å². The first-order chi connectivity index (χ1) is 12.3. The van der Waals surface area contributed by atoms with Crippen LogP contribution in [0.4, 0.5) is 13.2 Å². The number of halogens is 3. The van der Waals surface area contributed by atoms with Crippen molar-refractivity contribution in [2.45, 2.75) is 26.1 Å². The van der Waals surface area contributed by atoms with Crippen molar-refractivity contribution in [3.63, 3.8) is 0 Å². The number of imidazole rings is 1. The van der Waals surface area contributed by atoms with Gasteiger partial charge in [0.1, 0.15) is 5.82 Å². The summed E-state index contributed by atoms with van der Waals surface area (Å²) in [6.07, 6.45) is -3.48. The first-order valence-corrected chi connectivity index (χ1v) is 8.55. The Bertz CT molecular complexity index is 893. The van der Waals surface area contributed by atoms with Gasteiger partial charge in [-0.25, -0.2) is 4.98 Å². The van der Waals surface area contributed by atoms with Gasteiger partial charge in [-0.05, 0) is 52.2 Å². The lowest BCUT2D eigenvalue weighted by atomic mass is 10.1. The summed E-state index contributed by atoms with van der Waals surface area (Å²) in [5.74, 6) is 0.707. The monoisotopic (exact) mass is 361 g/mol. The number of hydrogen-bond donors (Lipinski definition) is 0. The number of benzene rings is 2. The third-order valence-electron chi connectivity index (χ3n) is 4.37. The summed E-state index contributed by atoms with van der Waals surface area (Å²) in [4.78, 5) is 6.62. The summed E-state index contributed by atoms with van der Waals surface area (Å²) in [5, 5.41) is 0. The van der Waals surface area contributed by atoms with Crippen molar-refractivity contribution >= 4 is 11.0 Å². The van der Waals surface area contributed by atoms with Crippen LogP contribution in [0.15, 0.2) is 42.5 Å². The maximum atomic E-state index is 13.0. The van der Waals surface area contributed by atoms with E-state index in [-0.39, 0.29) is 0 Å². The van der Waals surface area contributed by atoms with Gasteiger partial charge in [-0.2, -0.15) is 13.2 Å². The molecule has 3 nitrogen and oxygen atoms in total. The quantitative estimate of drug-likeness (QED) is 0.639. The highest BCUT2D eigenvalue weighted by Crippen LogP contribution is 2.33. The van der Waals surface area contributed by atoms with Crippen LogP contribution >= 0.6 is 0 Å². The number of aromatic nitrogens is 2. The van der Waals surface area contributed by atoms with E-state index in [0.29, 0.717) is 17.9 Å². The Morgan fingerprint density at radius 2 is 1.73 bits per heavy atom. The number of fused-ring (bicyclic) bond motifs is 1. The fourth-order valence-electron chi connectivity index (χ4n) is 3.00. The van der Waals surface area contributed by atoms with Gasteiger partial charge in [0.05, 0.1) is 16.6 Å². The highest BCUT2D eigenvalue weighted by atomic mass is 19.4. The molecule has 0 spiro atoms. The number of alkyl halides is 3. The van der Waals surface area contributed by atoms with Crippen LogP contribution in [-0.2, 0) is 12.7 Å². The molecule has 0 saturated carbocycles. The van der Waals surface area contributed by atoms with E-state index in [4.69, 9.17) is 0 Å². The van der Waals surface area contributed by atoms with Gasteiger partial charge in [0.15, 0.2) is 0 Å². The minimum absolute atomic E-state index is 0.375. The molecule has 138 valence electrons. The summed E-state index contributed by atoms with van der Waals surface area (Å²) in [7, 11) is 4.00. The maximum absolute atomic E-state index is 13.0. The largest absolute Gasteiger partial charge is 0.416 e. The zero-order valence-corrected chi connectivity index (χ0v) is 15.1. The molecule has 3 rings (SSSR count). The molecule has 0 bridgehead atoms. The van der Waals surface area contributed by atoms with Gasteiger partial charge in [0, 0.05) is 12.1 Å². The van der Waals surface area contributed by atoms with Crippen LogP contribution in [0.2, 0.25) is 0 Å². The van der Waals surface area contributed by atoms with Crippen LogP contribution in [0.5, 0.6) is 0 Å². The molecule has 0 unspecified atom stereocenters. The summed E-state index contributed by atoms with van der Waals surface area (Å²) in [6.45, 7) is 3.59. The molecule has 0 saturated heterocycles. The average Bonchev–Trinajstić information content (AvgIpc) is 2.92. The molecule has 0 fully saturated rings. The van der Waals surface area contributed by atoms with Crippen LogP contribution < -0.4 is 0 Å². The van der Waals surface area contributed by atoms with E-state index in [0.717, 1.165) is 41.7 Å². The van der Waals surface area contributed by atoms with E-state index < -0.39 is 11.7 Å². The van der Waals surface area contributed by atoms with Gasteiger partial charge in [-0.15, -0.1) is 0 Å². The first kappa shape index (κ1) is 18.5. The molecule has 3 aromatic rings. The van der Waals surface area contributed by atoms with E-state index in [1.54, 1.807) is 0 Å². The number of aryl methyl sites for hydroxylation is 2. The third kappa shape index (κ3) is 3.90. The predicted octanol–water partition coefficient (Wildman–Crippen LogP) is 4.98. The fourth-order valence-corrected chi connectivity index (χ4v) is 3.00. The van der Waals surface area contributed by atoms with Crippen LogP contribution in [0.25, 0.3) is 22.4 Å². The van der Waals surface area contributed by atoms with E-state index in [1.165, 1.54) is 6.07 Å². The molecular weight excluding hydrogens is 339 g/mol. The summed E-state index contributed by atoms with van der Waals surface area (Å²) < 4.78 is 41.1. The molecule has 0 atom stereocenters. The molecule has 2 aromatic carbocycles. The van der Waals surface area contributed by atoms with E-state index in [9.17, 15) is 13.2 Å². The Hall–Kier alpha value is -2.34. The fraction of sp³-hybridized carbons (Fsp3) is 0.350. The summed E-state index contributed by atoms with van der Waals surface area (Å²) in [6, 6.07) is 11.7. The lowest BCUT2D eigenvalue weighted by Crippen LogP contribution is -2.15. The van der Waals surface area contributed by atoms with Crippen molar-refractivity contribution in [2.75, 3.05) is 20.6 Å². The predicted molar refractivity (Wildman–Crippen MR) is 98.1 cm³/mol. The molecule has 0 amide bonds. The lowest BCUT2D eigenvalue weighted by molar-refractivity contribution is -0.137. The second-order valence-electron chi connectivity index (χ2n) is 6.81. The molecule has 0 radical (unpaired) electrons. The van der Waals surface area contributed by atoms with E-state index >= 15 is 0 Å². The SMILES string of the molecule is Cc1ccc(-c2nc3cc(C(F)(F)F)ccc3n2CCCN(C)C)cc1. The molecule has 0 N–H and O–H groups in total. The van der Waals surface area contributed by atoms with Gasteiger partial charge in [0.25, 0.3) is 0 Å². The summed E-state index contributed by atoms with van der Waals surface area (Å²) >= 11 is 0. The Labute approximate surface area is 151 Å². The zero-order valence-electron chi connectivity index (χ0n) is 15.1. The molecule has 0 aliphatic heterocycles. The van der Waals surface area contributed by atoms with Crippen molar-refractivity contribution < 1.29 is 13.2 Å². The number of nitrogens with zero attached hydrogens (tertiary/aromatic N) is 3. The summed E-state index contributed by atoms with van der Waals surface area (Å²) in [5.41, 5.74) is 2.47. The molecule has 1 heterocycles. The lowest BCUT2D eigenvalue weighted by Gasteiger charge is -2.13. The average molecular weight is 361 g/mol. The molecule has 1 aromatic heterocycles. The van der Waals surface area contributed by atoms with Crippen LogP contribution in [-0.4, -0.2) is 35.1 Å². The van der Waals surface area contributed by atoms with Crippen LogP contribution in [0.3, 0.4) is 0 Å². The second-order valence-corrected chi connectivity index (χ2v) is 6.81. The van der Waals surface area contributed by atoms with Crippen molar-refractivity contribution in [1.82, 2.24) is 14.5 Å². The van der Waals surface area contributed by atoms with Crippen molar-refractivity contribution in [3.05, 3.63) is 53.6 Å². The van der Waals surface area contributed by atoms with Crippen LogP contribution in [0, 0.1) is 6.92 Å². The molecule has 0 aliphatic rings. The van der Waals surface area contributed by atoms with Gasteiger partial charge in [-0.3, -0.25) is 0 Å². The Morgan fingerprint density at radius 1 is 1.04 bits per heavy atom. The number of rotatable bonds is 5. The second kappa shape index (κ2) is 7.11. The van der Waals surface area contributed by atoms with Crippen molar-refractivity contribution in [2.24, 2.45) is 0 Å². The zero-order chi connectivity index (χ0) is 18.9. The third-order valence-corrected chi connectivity index (χ3v) is 4.37. The normalized spacial score (nSPS) is 12.3. The van der Waals surface area contributed by atoms with Crippen molar-refractivity contribution in [1.29, 1.82) is 0 Å². The first-order valence-electron chi connectivity index (χ1n) is 8.55. The topological polar surface area (TPSA) is 21.1 Å². The Balaban J connectivity index is 2.09.